The van der Waals surface area contributed by atoms with Crippen LogP contribution in [0.5, 0.6) is 11.5 Å². The summed E-state index contributed by atoms with van der Waals surface area (Å²) >= 11 is 0. The molecular weight excluding hydrogens is 324 g/mol. The van der Waals surface area contributed by atoms with Crippen LogP contribution >= 0.6 is 0 Å². The Balaban J connectivity index is 3.21. The van der Waals surface area contributed by atoms with E-state index in [1.165, 1.54) is 21.1 Å². The Morgan fingerprint density at radius 3 is 2.46 bits per heavy atom. The normalized spacial score (nSPS) is 11.5. The molecule has 0 aliphatic heterocycles. The first-order chi connectivity index (χ1) is 11.3. The number of hydrogen-bond donors (Lipinski definition) is 2. The van der Waals surface area contributed by atoms with Gasteiger partial charge in [0.25, 0.3) is 11.6 Å². The lowest BCUT2D eigenvalue weighted by Crippen LogP contribution is -2.38. The van der Waals surface area contributed by atoms with Crippen molar-refractivity contribution < 1.29 is 33.8 Å². The molecule has 0 radical (unpaired) electrons. The van der Waals surface area contributed by atoms with E-state index in [4.69, 9.17) is 19.3 Å². The van der Waals surface area contributed by atoms with Crippen molar-refractivity contribution in [1.29, 1.82) is 0 Å². The number of aliphatic carboxylic acids is 1. The molecule has 0 aliphatic carbocycles. The van der Waals surface area contributed by atoms with E-state index in [2.05, 4.69) is 5.32 Å². The number of nitro groups is 1. The molecule has 10 nitrogen and oxygen atoms in total. The first-order valence-corrected chi connectivity index (χ1v) is 6.83. The number of hydrogen-bond acceptors (Lipinski definition) is 7. The van der Waals surface area contributed by atoms with E-state index in [0.717, 1.165) is 12.1 Å². The number of methoxy groups -OCH3 is 2. The number of nitrogens with one attached hydrogen (secondary N) is 1. The lowest BCUT2D eigenvalue weighted by Gasteiger charge is -2.13. The zero-order valence-corrected chi connectivity index (χ0v) is 13.4. The van der Waals surface area contributed by atoms with Crippen molar-refractivity contribution in [2.45, 2.75) is 13.0 Å². The number of nitrogens with zero attached hydrogens (tertiary/aromatic N) is 1. The second-order valence-electron chi connectivity index (χ2n) is 4.65. The average Bonchev–Trinajstić information content (AvgIpc) is 2.54. The van der Waals surface area contributed by atoms with Gasteiger partial charge in [-0.2, -0.15) is 0 Å². The van der Waals surface area contributed by atoms with Crippen LogP contribution in [0.1, 0.15) is 17.3 Å². The number of carboxylic acid groups (broad SMARTS) is 1. The minimum atomic E-state index is -1.27. The molecule has 132 valence electrons. The molecule has 2 N–H and O–H groups in total. The monoisotopic (exact) mass is 342 g/mol. The van der Waals surface area contributed by atoms with Gasteiger partial charge in [0.05, 0.1) is 24.7 Å². The number of nitro benzene ring substituents is 1. The Morgan fingerprint density at radius 1 is 1.29 bits per heavy atom. The zero-order chi connectivity index (χ0) is 18.3. The van der Waals surface area contributed by atoms with Gasteiger partial charge in [-0.1, -0.05) is 0 Å². The predicted molar refractivity (Wildman–Crippen MR) is 81.6 cm³/mol. The summed E-state index contributed by atoms with van der Waals surface area (Å²) in [5.41, 5.74) is -0.859. The van der Waals surface area contributed by atoms with E-state index in [-0.39, 0.29) is 30.3 Å². The van der Waals surface area contributed by atoms with Gasteiger partial charge in [0.2, 0.25) is 0 Å². The summed E-state index contributed by atoms with van der Waals surface area (Å²) in [6.45, 7) is 1.63. The molecule has 0 heterocycles. The third kappa shape index (κ3) is 4.81. The number of carboxylic acids is 1. The van der Waals surface area contributed by atoms with Crippen LogP contribution in [0.2, 0.25) is 0 Å². The SMILES string of the molecule is COCCOc1cc([N+](=O)[O-])c(C(=O)N[C@H](C)C(=O)O)cc1OC. The molecule has 10 heteroatoms. The number of rotatable bonds is 9. The summed E-state index contributed by atoms with van der Waals surface area (Å²) in [4.78, 5) is 33.4. The van der Waals surface area contributed by atoms with Crippen LogP contribution in [0.15, 0.2) is 12.1 Å². The quantitative estimate of drug-likeness (QED) is 0.382. The van der Waals surface area contributed by atoms with Crippen molar-refractivity contribution in [3.8, 4) is 11.5 Å². The summed E-state index contributed by atoms with van der Waals surface area (Å²) in [5, 5.41) is 22.2. The van der Waals surface area contributed by atoms with E-state index in [0.29, 0.717) is 0 Å². The molecule has 0 saturated heterocycles. The van der Waals surface area contributed by atoms with E-state index >= 15 is 0 Å². The number of benzene rings is 1. The highest BCUT2D eigenvalue weighted by Crippen LogP contribution is 2.34. The molecule has 0 fully saturated rings. The topological polar surface area (TPSA) is 137 Å². The van der Waals surface area contributed by atoms with Crippen LogP contribution < -0.4 is 14.8 Å². The Labute approximate surface area is 137 Å². The maximum absolute atomic E-state index is 12.1. The standard InChI is InChI=1S/C14H18N2O8/c1-8(14(18)19)15-13(17)9-6-11(23-3)12(24-5-4-22-2)7-10(9)16(20)21/h6-8H,4-5H2,1-3H3,(H,15,17)(H,18,19)/t8-/m1/s1. The van der Waals surface area contributed by atoms with Gasteiger partial charge >= 0.3 is 5.97 Å². The van der Waals surface area contributed by atoms with Crippen LogP contribution in [0.25, 0.3) is 0 Å². The molecule has 1 aromatic rings. The minimum absolute atomic E-state index is 0.0732. The minimum Gasteiger partial charge on any atom is -0.493 e. The lowest BCUT2D eigenvalue weighted by atomic mass is 10.1. The fourth-order valence-corrected chi connectivity index (χ4v) is 1.73. The molecule has 1 rings (SSSR count). The molecule has 24 heavy (non-hydrogen) atoms. The molecule has 0 aliphatic rings. The summed E-state index contributed by atoms with van der Waals surface area (Å²) in [7, 11) is 2.78. The average molecular weight is 342 g/mol. The Morgan fingerprint density at radius 2 is 1.96 bits per heavy atom. The van der Waals surface area contributed by atoms with Crippen LogP contribution in [-0.2, 0) is 9.53 Å². The van der Waals surface area contributed by atoms with Crippen LogP contribution in [0, 0.1) is 10.1 Å². The highest BCUT2D eigenvalue weighted by molar-refractivity contribution is 6.00. The van der Waals surface area contributed by atoms with Crippen LogP contribution in [0.4, 0.5) is 5.69 Å². The summed E-state index contributed by atoms with van der Waals surface area (Å²) < 4.78 is 15.2. The molecule has 0 aromatic heterocycles. The highest BCUT2D eigenvalue weighted by Gasteiger charge is 2.26. The highest BCUT2D eigenvalue weighted by atomic mass is 16.6. The van der Waals surface area contributed by atoms with Crippen molar-refractivity contribution in [2.24, 2.45) is 0 Å². The van der Waals surface area contributed by atoms with Gasteiger partial charge in [-0.3, -0.25) is 19.7 Å². The van der Waals surface area contributed by atoms with E-state index in [9.17, 15) is 19.7 Å². The second-order valence-corrected chi connectivity index (χ2v) is 4.65. The van der Waals surface area contributed by atoms with Crippen molar-refractivity contribution in [1.82, 2.24) is 5.32 Å². The fraction of sp³-hybridized carbons (Fsp3) is 0.429. The largest absolute Gasteiger partial charge is 0.493 e. The number of carbonyl (C=O) groups is 2. The zero-order valence-electron chi connectivity index (χ0n) is 13.4. The third-order valence-corrected chi connectivity index (χ3v) is 2.99. The van der Waals surface area contributed by atoms with Crippen LogP contribution in [0.3, 0.4) is 0 Å². The van der Waals surface area contributed by atoms with Crippen LogP contribution in [-0.4, -0.2) is 55.4 Å². The van der Waals surface area contributed by atoms with Gasteiger partial charge in [-0.15, -0.1) is 0 Å². The molecule has 0 spiro atoms. The summed E-state index contributed by atoms with van der Waals surface area (Å²) in [6.07, 6.45) is 0. The third-order valence-electron chi connectivity index (χ3n) is 2.99. The molecule has 1 atom stereocenters. The maximum Gasteiger partial charge on any atom is 0.325 e. The first-order valence-electron chi connectivity index (χ1n) is 6.83. The molecule has 0 bridgehead atoms. The molecular formula is C14H18N2O8. The van der Waals surface area contributed by atoms with E-state index < -0.39 is 28.5 Å². The summed E-state index contributed by atoms with van der Waals surface area (Å²) in [6, 6.07) is 0.972. The van der Waals surface area contributed by atoms with Gasteiger partial charge in [0, 0.05) is 13.2 Å². The molecule has 0 unspecified atom stereocenters. The van der Waals surface area contributed by atoms with E-state index in [1.54, 1.807) is 0 Å². The number of ether oxygens (including phenoxy) is 3. The second kappa shape index (κ2) is 8.67. The van der Waals surface area contributed by atoms with Gasteiger partial charge in [0.1, 0.15) is 18.2 Å². The Hall–Kier alpha value is -2.88. The number of amides is 1. The van der Waals surface area contributed by atoms with Crippen molar-refractivity contribution in [2.75, 3.05) is 27.4 Å². The van der Waals surface area contributed by atoms with Crippen molar-refractivity contribution in [3.63, 3.8) is 0 Å². The van der Waals surface area contributed by atoms with Gasteiger partial charge < -0.3 is 24.6 Å². The lowest BCUT2D eigenvalue weighted by molar-refractivity contribution is -0.385. The maximum atomic E-state index is 12.1. The van der Waals surface area contributed by atoms with Gasteiger partial charge in [-0.25, -0.2) is 0 Å². The predicted octanol–water partition coefficient (Wildman–Crippen LogP) is 0.831. The van der Waals surface area contributed by atoms with Crippen molar-refractivity contribution >= 4 is 17.6 Å². The summed E-state index contributed by atoms with van der Waals surface area (Å²) in [5.74, 6) is -2.00. The Kier molecular flexibility index (Phi) is 6.93. The Bertz CT molecular complexity index is 631. The molecule has 1 aromatic carbocycles. The van der Waals surface area contributed by atoms with Crippen molar-refractivity contribution in [3.05, 3.63) is 27.8 Å². The smallest absolute Gasteiger partial charge is 0.325 e. The molecule has 0 saturated carbocycles. The fourth-order valence-electron chi connectivity index (χ4n) is 1.73. The van der Waals surface area contributed by atoms with Gasteiger partial charge in [-0.05, 0) is 6.92 Å². The molecule has 1 amide bonds. The van der Waals surface area contributed by atoms with Gasteiger partial charge in [0.15, 0.2) is 11.5 Å². The van der Waals surface area contributed by atoms with E-state index in [1.807, 2.05) is 0 Å². The first kappa shape index (κ1) is 19.2. The number of carbonyl (C=O) groups excluding carboxylic acids is 1.